The van der Waals surface area contributed by atoms with E-state index in [1.165, 1.54) is 4.88 Å². The van der Waals surface area contributed by atoms with Crippen LogP contribution in [0.5, 0.6) is 0 Å². The van der Waals surface area contributed by atoms with Crippen molar-refractivity contribution in [2.75, 3.05) is 5.73 Å². The smallest absolute Gasteiger partial charge is 0.230 e. The molecule has 3 aromatic rings. The minimum absolute atomic E-state index is 0.388. The van der Waals surface area contributed by atoms with Gasteiger partial charge in [-0.1, -0.05) is 39.3 Å². The molecule has 0 amide bonds. The third-order valence-electron chi connectivity index (χ3n) is 3.32. The number of nitrogen functional groups attached to an aromatic ring is 1. The van der Waals surface area contributed by atoms with Crippen LogP contribution in [0.4, 0.5) is 5.88 Å². The predicted molar refractivity (Wildman–Crippen MR) is 90.4 cm³/mol. The quantitative estimate of drug-likeness (QED) is 0.700. The second kappa shape index (κ2) is 6.45. The second-order valence-corrected chi connectivity index (χ2v) is 6.76. The summed E-state index contributed by atoms with van der Waals surface area (Å²) in [5.41, 5.74) is 8.84. The third-order valence-corrected chi connectivity index (χ3v) is 4.75. The molecule has 0 aliphatic carbocycles. The Balaban J connectivity index is 1.77. The Bertz CT molecular complexity index is 722. The predicted octanol–water partition coefficient (Wildman–Crippen LogP) is 4.92. The van der Waals surface area contributed by atoms with Gasteiger partial charge in [0.05, 0.1) is 11.3 Å². The minimum Gasteiger partial charge on any atom is -0.367 e. The normalized spacial score (nSPS) is 10.9. The average molecular weight is 363 g/mol. The molecule has 108 valence electrons. The molecule has 0 spiro atoms. The number of benzene rings is 1. The lowest BCUT2D eigenvalue weighted by Crippen LogP contribution is -1.93. The Morgan fingerprint density at radius 3 is 2.86 bits per heavy atom. The molecule has 0 aliphatic heterocycles. The number of nitrogens with two attached hydrogens (primary N) is 1. The van der Waals surface area contributed by atoms with Crippen molar-refractivity contribution in [1.29, 1.82) is 0 Å². The maximum atomic E-state index is 5.95. The maximum absolute atomic E-state index is 5.95. The van der Waals surface area contributed by atoms with Gasteiger partial charge in [-0.05, 0) is 48.4 Å². The Morgan fingerprint density at radius 2 is 2.10 bits per heavy atom. The third kappa shape index (κ3) is 3.36. The van der Waals surface area contributed by atoms with Gasteiger partial charge in [-0.2, -0.15) is 0 Å². The van der Waals surface area contributed by atoms with E-state index in [1.54, 1.807) is 11.3 Å². The maximum Gasteiger partial charge on any atom is 0.230 e. The monoisotopic (exact) mass is 362 g/mol. The van der Waals surface area contributed by atoms with Gasteiger partial charge in [-0.3, -0.25) is 0 Å². The van der Waals surface area contributed by atoms with Crippen LogP contribution in [0.1, 0.15) is 17.0 Å². The van der Waals surface area contributed by atoms with Crippen LogP contribution in [0.15, 0.2) is 50.8 Å². The highest BCUT2D eigenvalue weighted by Crippen LogP contribution is 2.32. The lowest BCUT2D eigenvalue weighted by molar-refractivity contribution is 0.426. The number of thiophene rings is 1. The first-order valence-corrected chi connectivity index (χ1v) is 8.43. The fourth-order valence-corrected chi connectivity index (χ4v) is 3.50. The molecule has 0 fully saturated rings. The first-order chi connectivity index (χ1) is 10.2. The lowest BCUT2D eigenvalue weighted by atomic mass is 10.0. The highest BCUT2D eigenvalue weighted by molar-refractivity contribution is 9.10. The van der Waals surface area contributed by atoms with Crippen molar-refractivity contribution < 1.29 is 4.52 Å². The van der Waals surface area contributed by atoms with E-state index < -0.39 is 0 Å². The van der Waals surface area contributed by atoms with E-state index in [1.807, 2.05) is 24.3 Å². The number of anilines is 1. The first-order valence-electron chi connectivity index (χ1n) is 6.76. The summed E-state index contributed by atoms with van der Waals surface area (Å²) in [6, 6.07) is 12.3. The number of nitrogens with zero attached hydrogens (tertiary/aromatic N) is 1. The van der Waals surface area contributed by atoms with Crippen molar-refractivity contribution in [3.05, 3.63) is 56.8 Å². The van der Waals surface area contributed by atoms with E-state index in [4.69, 9.17) is 10.3 Å². The standard InChI is InChI=1S/C16H15BrN2OS/c17-12-5-1-4-11(10-12)15-14(19-20-16(15)18)8-2-6-13-7-3-9-21-13/h1,3-5,7,9-10H,2,6,8,18H2. The molecule has 0 radical (unpaired) electrons. The zero-order valence-corrected chi connectivity index (χ0v) is 13.8. The number of aromatic nitrogens is 1. The molecular formula is C16H15BrN2OS. The molecule has 2 N–H and O–H groups in total. The average Bonchev–Trinajstić information content (AvgIpc) is 3.09. The number of rotatable bonds is 5. The van der Waals surface area contributed by atoms with Crippen LogP contribution in [0, 0.1) is 0 Å². The summed E-state index contributed by atoms with van der Waals surface area (Å²) in [6.45, 7) is 0. The summed E-state index contributed by atoms with van der Waals surface area (Å²) in [5.74, 6) is 0.388. The van der Waals surface area contributed by atoms with Crippen molar-refractivity contribution in [2.45, 2.75) is 19.3 Å². The van der Waals surface area contributed by atoms with Crippen molar-refractivity contribution in [3.8, 4) is 11.1 Å². The SMILES string of the molecule is Nc1onc(CCCc2cccs2)c1-c1cccc(Br)c1. The van der Waals surface area contributed by atoms with Gasteiger partial charge in [-0.25, -0.2) is 0 Å². The number of hydrogen-bond acceptors (Lipinski definition) is 4. The molecule has 0 bridgehead atoms. The van der Waals surface area contributed by atoms with Crippen molar-refractivity contribution >= 4 is 33.2 Å². The second-order valence-electron chi connectivity index (χ2n) is 4.81. The van der Waals surface area contributed by atoms with E-state index in [0.29, 0.717) is 5.88 Å². The molecule has 3 nitrogen and oxygen atoms in total. The van der Waals surface area contributed by atoms with E-state index in [-0.39, 0.29) is 0 Å². The molecule has 2 heterocycles. The lowest BCUT2D eigenvalue weighted by Gasteiger charge is -2.03. The summed E-state index contributed by atoms with van der Waals surface area (Å²) in [5, 5.41) is 6.24. The van der Waals surface area contributed by atoms with Crippen LogP contribution in [0.3, 0.4) is 0 Å². The molecule has 0 saturated heterocycles. The number of halogens is 1. The largest absolute Gasteiger partial charge is 0.367 e. The molecule has 2 aromatic heterocycles. The van der Waals surface area contributed by atoms with E-state index >= 15 is 0 Å². The fourth-order valence-electron chi connectivity index (χ4n) is 2.35. The fraction of sp³-hybridized carbons (Fsp3) is 0.188. The van der Waals surface area contributed by atoms with Crippen molar-refractivity contribution in [3.63, 3.8) is 0 Å². The summed E-state index contributed by atoms with van der Waals surface area (Å²) < 4.78 is 6.21. The highest BCUT2D eigenvalue weighted by Gasteiger charge is 2.15. The van der Waals surface area contributed by atoms with Crippen molar-refractivity contribution in [2.24, 2.45) is 0 Å². The van der Waals surface area contributed by atoms with Gasteiger partial charge in [0.1, 0.15) is 0 Å². The molecule has 5 heteroatoms. The van der Waals surface area contributed by atoms with Gasteiger partial charge in [0.25, 0.3) is 0 Å². The van der Waals surface area contributed by atoms with Crippen LogP contribution in [0.25, 0.3) is 11.1 Å². The van der Waals surface area contributed by atoms with E-state index in [2.05, 4.69) is 38.6 Å². The van der Waals surface area contributed by atoms with Crippen LogP contribution in [0.2, 0.25) is 0 Å². The van der Waals surface area contributed by atoms with Gasteiger partial charge in [-0.15, -0.1) is 11.3 Å². The van der Waals surface area contributed by atoms with Crippen molar-refractivity contribution in [1.82, 2.24) is 5.16 Å². The number of hydrogen-bond donors (Lipinski definition) is 1. The topological polar surface area (TPSA) is 52.0 Å². The Kier molecular flexibility index (Phi) is 4.41. The molecule has 0 unspecified atom stereocenters. The zero-order valence-electron chi connectivity index (χ0n) is 11.4. The van der Waals surface area contributed by atoms with Crippen LogP contribution < -0.4 is 5.73 Å². The van der Waals surface area contributed by atoms with E-state index in [9.17, 15) is 0 Å². The molecule has 1 aromatic carbocycles. The summed E-state index contributed by atoms with van der Waals surface area (Å²) in [4.78, 5) is 1.40. The molecule has 0 saturated carbocycles. The summed E-state index contributed by atoms with van der Waals surface area (Å²) in [6.07, 6.45) is 2.95. The van der Waals surface area contributed by atoms with Gasteiger partial charge < -0.3 is 10.3 Å². The Labute approximate surface area is 135 Å². The molecule has 0 aliphatic rings. The van der Waals surface area contributed by atoms with Gasteiger partial charge in [0.15, 0.2) is 0 Å². The van der Waals surface area contributed by atoms with E-state index in [0.717, 1.165) is 40.6 Å². The van der Waals surface area contributed by atoms with Gasteiger partial charge in [0, 0.05) is 9.35 Å². The number of aryl methyl sites for hydroxylation is 2. The molecule has 0 atom stereocenters. The Hall–Kier alpha value is -1.59. The minimum atomic E-state index is 0.388. The first kappa shape index (κ1) is 14.4. The zero-order chi connectivity index (χ0) is 14.7. The Morgan fingerprint density at radius 1 is 1.19 bits per heavy atom. The van der Waals surface area contributed by atoms with Crippen LogP contribution >= 0.6 is 27.3 Å². The summed E-state index contributed by atoms with van der Waals surface area (Å²) in [7, 11) is 0. The van der Waals surface area contributed by atoms with Crippen LogP contribution in [-0.4, -0.2) is 5.16 Å². The molecular weight excluding hydrogens is 348 g/mol. The molecule has 21 heavy (non-hydrogen) atoms. The summed E-state index contributed by atoms with van der Waals surface area (Å²) >= 11 is 5.28. The van der Waals surface area contributed by atoms with Gasteiger partial charge in [0.2, 0.25) is 5.88 Å². The van der Waals surface area contributed by atoms with Gasteiger partial charge >= 0.3 is 0 Å². The highest BCUT2D eigenvalue weighted by atomic mass is 79.9. The van der Waals surface area contributed by atoms with Crippen LogP contribution in [-0.2, 0) is 12.8 Å². The molecule has 3 rings (SSSR count).